The minimum absolute atomic E-state index is 0.560. The Hall–Kier alpha value is -1.69. The molecular formula is C10H11N3. The lowest BCUT2D eigenvalue weighted by Crippen LogP contribution is -2.36. The van der Waals surface area contributed by atoms with E-state index in [-0.39, 0.29) is 0 Å². The van der Waals surface area contributed by atoms with Crippen LogP contribution in [0.4, 0.5) is 11.4 Å². The normalized spacial score (nSPS) is 14.8. The summed E-state index contributed by atoms with van der Waals surface area (Å²) in [5.41, 5.74) is 7.96. The average Bonchev–Trinajstić information content (AvgIpc) is 2.01. The Bertz CT molecular complexity index is 361. The third-order valence-corrected chi connectivity index (χ3v) is 2.38. The highest BCUT2D eigenvalue weighted by Crippen LogP contribution is 2.24. The number of nitrogen functional groups attached to an aromatic ring is 1. The molecule has 0 aliphatic carbocycles. The van der Waals surface area contributed by atoms with Crippen LogP contribution in [-0.2, 0) is 0 Å². The number of rotatable bonds is 1. The first-order chi connectivity index (χ1) is 6.31. The minimum atomic E-state index is 0.560. The first-order valence-electron chi connectivity index (χ1n) is 4.36. The molecule has 0 amide bonds. The van der Waals surface area contributed by atoms with Gasteiger partial charge in [-0.25, -0.2) is 0 Å². The third kappa shape index (κ3) is 1.31. The largest absolute Gasteiger partial charge is 0.398 e. The van der Waals surface area contributed by atoms with Crippen molar-refractivity contribution < 1.29 is 0 Å². The monoisotopic (exact) mass is 173 g/mol. The summed E-state index contributed by atoms with van der Waals surface area (Å²) in [4.78, 5) is 2.25. The first kappa shape index (κ1) is 7.93. The molecule has 0 radical (unpaired) electrons. The second-order valence-corrected chi connectivity index (χ2v) is 3.22. The van der Waals surface area contributed by atoms with Crippen LogP contribution in [0.1, 0.15) is 12.0 Å². The van der Waals surface area contributed by atoms with E-state index in [0.717, 1.165) is 18.8 Å². The fraction of sp³-hybridized carbons (Fsp3) is 0.300. The molecule has 13 heavy (non-hydrogen) atoms. The topological polar surface area (TPSA) is 53.0 Å². The summed E-state index contributed by atoms with van der Waals surface area (Å²) in [6, 6.07) is 7.66. The van der Waals surface area contributed by atoms with Crippen LogP contribution in [0.15, 0.2) is 18.2 Å². The molecule has 1 saturated heterocycles. The number of anilines is 2. The number of hydrogen-bond donors (Lipinski definition) is 1. The van der Waals surface area contributed by atoms with Gasteiger partial charge in [0.25, 0.3) is 0 Å². The molecule has 0 atom stereocenters. The van der Waals surface area contributed by atoms with Gasteiger partial charge in [0.1, 0.15) is 6.07 Å². The van der Waals surface area contributed by atoms with E-state index in [4.69, 9.17) is 11.0 Å². The highest BCUT2D eigenvalue weighted by atomic mass is 15.2. The molecule has 0 aromatic heterocycles. The van der Waals surface area contributed by atoms with Crippen molar-refractivity contribution in [2.24, 2.45) is 0 Å². The van der Waals surface area contributed by atoms with Gasteiger partial charge in [0.15, 0.2) is 0 Å². The number of nitrogens with two attached hydrogens (primary N) is 1. The van der Waals surface area contributed by atoms with Gasteiger partial charge < -0.3 is 10.6 Å². The molecule has 1 aromatic rings. The predicted molar refractivity (Wildman–Crippen MR) is 52.4 cm³/mol. The van der Waals surface area contributed by atoms with E-state index in [0.29, 0.717) is 11.3 Å². The zero-order valence-corrected chi connectivity index (χ0v) is 7.33. The van der Waals surface area contributed by atoms with Crippen LogP contribution in [0.5, 0.6) is 0 Å². The molecule has 0 spiro atoms. The second kappa shape index (κ2) is 2.98. The summed E-state index contributed by atoms with van der Waals surface area (Å²) in [6.07, 6.45) is 1.25. The molecule has 2 rings (SSSR count). The first-order valence-corrected chi connectivity index (χ1v) is 4.36. The van der Waals surface area contributed by atoms with Crippen LogP contribution in [0.2, 0.25) is 0 Å². The summed E-state index contributed by atoms with van der Waals surface area (Å²) >= 11 is 0. The maximum absolute atomic E-state index is 8.68. The van der Waals surface area contributed by atoms with Gasteiger partial charge in [0, 0.05) is 18.8 Å². The molecule has 0 bridgehead atoms. The number of nitriles is 1. The lowest BCUT2D eigenvalue weighted by Gasteiger charge is -2.33. The van der Waals surface area contributed by atoms with Gasteiger partial charge in [-0.1, -0.05) is 0 Å². The molecule has 1 aliphatic rings. The van der Waals surface area contributed by atoms with Crippen LogP contribution >= 0.6 is 0 Å². The highest BCUT2D eigenvalue weighted by Gasteiger charge is 2.14. The van der Waals surface area contributed by atoms with Crippen molar-refractivity contribution in [1.29, 1.82) is 5.26 Å². The molecule has 1 aliphatic heterocycles. The van der Waals surface area contributed by atoms with E-state index in [1.807, 2.05) is 12.1 Å². The Morgan fingerprint density at radius 2 is 2.15 bits per heavy atom. The van der Waals surface area contributed by atoms with Crippen molar-refractivity contribution in [1.82, 2.24) is 0 Å². The van der Waals surface area contributed by atoms with E-state index in [1.54, 1.807) is 6.07 Å². The summed E-state index contributed by atoms with van der Waals surface area (Å²) in [5.74, 6) is 0. The fourth-order valence-electron chi connectivity index (χ4n) is 1.42. The lowest BCUT2D eigenvalue weighted by molar-refractivity contribution is 0.618. The molecule has 0 saturated carbocycles. The quantitative estimate of drug-likeness (QED) is 0.652. The summed E-state index contributed by atoms with van der Waals surface area (Å²) in [6.45, 7) is 2.21. The van der Waals surface area contributed by atoms with Gasteiger partial charge in [0.2, 0.25) is 0 Å². The molecule has 0 unspecified atom stereocenters. The van der Waals surface area contributed by atoms with Crippen molar-refractivity contribution in [2.45, 2.75) is 6.42 Å². The molecular weight excluding hydrogens is 162 g/mol. The maximum Gasteiger partial charge on any atom is 0.101 e. The van der Waals surface area contributed by atoms with Crippen LogP contribution in [0, 0.1) is 11.3 Å². The smallest absolute Gasteiger partial charge is 0.101 e. The predicted octanol–water partition coefficient (Wildman–Crippen LogP) is 1.35. The Kier molecular flexibility index (Phi) is 1.82. The van der Waals surface area contributed by atoms with E-state index in [2.05, 4.69) is 11.0 Å². The van der Waals surface area contributed by atoms with E-state index >= 15 is 0 Å². The van der Waals surface area contributed by atoms with Gasteiger partial charge in [0.05, 0.1) is 11.3 Å². The van der Waals surface area contributed by atoms with Crippen molar-refractivity contribution >= 4 is 11.4 Å². The van der Waals surface area contributed by atoms with E-state index in [1.165, 1.54) is 6.42 Å². The van der Waals surface area contributed by atoms with Gasteiger partial charge in [-0.3, -0.25) is 0 Å². The van der Waals surface area contributed by atoms with Crippen molar-refractivity contribution in [3.8, 4) is 6.07 Å². The van der Waals surface area contributed by atoms with Gasteiger partial charge in [-0.2, -0.15) is 5.26 Å². The number of hydrogen-bond acceptors (Lipinski definition) is 3. The summed E-state index contributed by atoms with van der Waals surface area (Å²) in [5, 5.41) is 8.68. The SMILES string of the molecule is N#Cc1ccc(N2CCC2)cc1N. The molecule has 2 N–H and O–H groups in total. The van der Waals surface area contributed by atoms with Crippen LogP contribution in [0.25, 0.3) is 0 Å². The van der Waals surface area contributed by atoms with Gasteiger partial charge >= 0.3 is 0 Å². The molecule has 3 nitrogen and oxygen atoms in total. The van der Waals surface area contributed by atoms with Crippen molar-refractivity contribution in [3.05, 3.63) is 23.8 Å². The molecule has 1 heterocycles. The zero-order valence-electron chi connectivity index (χ0n) is 7.33. The minimum Gasteiger partial charge on any atom is -0.398 e. The summed E-state index contributed by atoms with van der Waals surface area (Å²) in [7, 11) is 0. The number of benzene rings is 1. The van der Waals surface area contributed by atoms with Crippen molar-refractivity contribution in [3.63, 3.8) is 0 Å². The Morgan fingerprint density at radius 3 is 2.62 bits per heavy atom. The lowest BCUT2D eigenvalue weighted by atomic mass is 10.1. The van der Waals surface area contributed by atoms with Crippen LogP contribution in [0.3, 0.4) is 0 Å². The Balaban J connectivity index is 2.30. The molecule has 66 valence electrons. The molecule has 3 heteroatoms. The third-order valence-electron chi connectivity index (χ3n) is 2.38. The number of nitrogens with zero attached hydrogens (tertiary/aromatic N) is 2. The standard InChI is InChI=1S/C10H11N3/c11-7-8-2-3-9(6-10(8)12)13-4-1-5-13/h2-3,6H,1,4-5,12H2. The van der Waals surface area contributed by atoms with Gasteiger partial charge in [-0.05, 0) is 24.6 Å². The van der Waals surface area contributed by atoms with Gasteiger partial charge in [-0.15, -0.1) is 0 Å². The van der Waals surface area contributed by atoms with Crippen LogP contribution < -0.4 is 10.6 Å². The Labute approximate surface area is 77.4 Å². The van der Waals surface area contributed by atoms with E-state index < -0.39 is 0 Å². The fourth-order valence-corrected chi connectivity index (χ4v) is 1.42. The average molecular weight is 173 g/mol. The molecule has 1 aromatic carbocycles. The molecule has 1 fully saturated rings. The maximum atomic E-state index is 8.68. The van der Waals surface area contributed by atoms with E-state index in [9.17, 15) is 0 Å². The second-order valence-electron chi connectivity index (χ2n) is 3.22. The summed E-state index contributed by atoms with van der Waals surface area (Å²) < 4.78 is 0. The van der Waals surface area contributed by atoms with Crippen LogP contribution in [-0.4, -0.2) is 13.1 Å². The van der Waals surface area contributed by atoms with Crippen molar-refractivity contribution in [2.75, 3.05) is 23.7 Å². The zero-order chi connectivity index (χ0) is 9.26. The Morgan fingerprint density at radius 1 is 1.38 bits per heavy atom. The highest BCUT2D eigenvalue weighted by molar-refractivity contribution is 5.64.